The Morgan fingerprint density at radius 2 is 2.12 bits per heavy atom. The van der Waals surface area contributed by atoms with Crippen molar-refractivity contribution in [2.75, 3.05) is 30.7 Å². The van der Waals surface area contributed by atoms with Gasteiger partial charge >= 0.3 is 0 Å². The lowest BCUT2D eigenvalue weighted by Gasteiger charge is -2.14. The van der Waals surface area contributed by atoms with E-state index in [0.29, 0.717) is 10.4 Å². The van der Waals surface area contributed by atoms with Crippen molar-refractivity contribution in [2.45, 2.75) is 19.3 Å². The second-order valence-corrected chi connectivity index (χ2v) is 6.54. The van der Waals surface area contributed by atoms with Crippen molar-refractivity contribution < 1.29 is 4.79 Å². The molecule has 0 bridgehead atoms. The van der Waals surface area contributed by atoms with Crippen LogP contribution in [0.15, 0.2) is 29.1 Å². The number of pyridine rings is 1. The molecule has 8 heteroatoms. The average molecular weight is 391 g/mol. The van der Waals surface area contributed by atoms with Crippen molar-refractivity contribution in [2.24, 2.45) is 0 Å². The fourth-order valence-electron chi connectivity index (χ4n) is 2.71. The minimum absolute atomic E-state index is 0.0774. The Hall–Kier alpha value is -2.06. The predicted octanol–water partition coefficient (Wildman–Crippen LogP) is 2.11. The van der Waals surface area contributed by atoms with Gasteiger partial charge in [0.1, 0.15) is 10.4 Å². The molecule has 1 aliphatic rings. The van der Waals surface area contributed by atoms with Gasteiger partial charge in [-0.2, -0.15) is 0 Å². The molecule has 0 radical (unpaired) electrons. The first-order chi connectivity index (χ1) is 11.6. The molecule has 1 aliphatic heterocycles. The van der Waals surface area contributed by atoms with Crippen molar-refractivity contribution in [1.29, 1.82) is 0 Å². The first-order valence-electron chi connectivity index (χ1n) is 7.88. The number of nitrogen functional groups attached to an aromatic ring is 1. The van der Waals surface area contributed by atoms with Gasteiger partial charge in [0.15, 0.2) is 11.5 Å². The second kappa shape index (κ2) is 7.67. The molecule has 0 aliphatic carbocycles. The van der Waals surface area contributed by atoms with Crippen LogP contribution in [0.2, 0.25) is 0 Å². The van der Waals surface area contributed by atoms with Crippen LogP contribution in [-0.4, -0.2) is 45.4 Å². The van der Waals surface area contributed by atoms with Crippen LogP contribution >= 0.6 is 15.9 Å². The number of hydrogen-bond acceptors (Lipinski definition) is 6. The number of anilines is 2. The summed E-state index contributed by atoms with van der Waals surface area (Å²) in [6.45, 7) is 3.38. The molecule has 2 aromatic heterocycles. The highest BCUT2D eigenvalue weighted by molar-refractivity contribution is 9.10. The van der Waals surface area contributed by atoms with Gasteiger partial charge in [-0.25, -0.2) is 15.0 Å². The predicted molar refractivity (Wildman–Crippen MR) is 95.7 cm³/mol. The minimum Gasteiger partial charge on any atom is -0.382 e. The highest BCUT2D eigenvalue weighted by atomic mass is 79.9. The zero-order valence-corrected chi connectivity index (χ0v) is 14.8. The standard InChI is InChI=1S/C16H19BrN6O/c17-12-10-20-15(18)14(21-12)16(24)22-13-9-11(3-5-19-13)4-8-23-6-1-2-7-23/h3,5,9-10H,1-2,4,6-8H2,(H2,18,20)(H,19,22,24). The Kier molecular flexibility index (Phi) is 5.37. The van der Waals surface area contributed by atoms with Crippen LogP contribution in [0, 0.1) is 0 Å². The van der Waals surface area contributed by atoms with Crippen LogP contribution in [0.5, 0.6) is 0 Å². The summed E-state index contributed by atoms with van der Waals surface area (Å²) in [6.07, 6.45) is 6.65. The number of nitrogens with zero attached hydrogens (tertiary/aromatic N) is 4. The van der Waals surface area contributed by atoms with E-state index >= 15 is 0 Å². The fraction of sp³-hybridized carbons (Fsp3) is 0.375. The van der Waals surface area contributed by atoms with Crippen LogP contribution in [0.25, 0.3) is 0 Å². The number of rotatable bonds is 5. The average Bonchev–Trinajstić information content (AvgIpc) is 3.09. The highest BCUT2D eigenvalue weighted by Crippen LogP contribution is 2.15. The van der Waals surface area contributed by atoms with Crippen LogP contribution in [-0.2, 0) is 6.42 Å². The Labute approximate surface area is 148 Å². The molecule has 1 amide bonds. The molecule has 24 heavy (non-hydrogen) atoms. The monoisotopic (exact) mass is 390 g/mol. The van der Waals surface area contributed by atoms with Crippen molar-refractivity contribution in [3.05, 3.63) is 40.4 Å². The molecule has 3 rings (SSSR count). The third-order valence-electron chi connectivity index (χ3n) is 3.97. The van der Waals surface area contributed by atoms with E-state index in [9.17, 15) is 4.79 Å². The molecule has 1 saturated heterocycles. The first kappa shape index (κ1) is 16.8. The summed E-state index contributed by atoms with van der Waals surface area (Å²) in [5.74, 6) is 0.145. The molecule has 1 fully saturated rings. The van der Waals surface area contributed by atoms with Gasteiger partial charge in [0.2, 0.25) is 0 Å². The van der Waals surface area contributed by atoms with E-state index in [-0.39, 0.29) is 11.5 Å². The maximum Gasteiger partial charge on any atom is 0.279 e. The van der Waals surface area contributed by atoms with E-state index in [4.69, 9.17) is 5.73 Å². The van der Waals surface area contributed by atoms with Gasteiger partial charge < -0.3 is 16.0 Å². The first-order valence-corrected chi connectivity index (χ1v) is 8.68. The van der Waals surface area contributed by atoms with E-state index in [1.54, 1.807) is 6.20 Å². The summed E-state index contributed by atoms with van der Waals surface area (Å²) in [5, 5.41) is 2.73. The van der Waals surface area contributed by atoms with E-state index < -0.39 is 5.91 Å². The Morgan fingerprint density at radius 1 is 1.33 bits per heavy atom. The third-order valence-corrected chi connectivity index (χ3v) is 4.35. The van der Waals surface area contributed by atoms with Gasteiger partial charge in [0, 0.05) is 12.7 Å². The quantitative estimate of drug-likeness (QED) is 0.811. The number of aromatic nitrogens is 3. The van der Waals surface area contributed by atoms with E-state index in [2.05, 4.69) is 41.1 Å². The number of carbonyl (C=O) groups is 1. The lowest BCUT2D eigenvalue weighted by molar-refractivity contribution is 0.102. The molecule has 0 unspecified atom stereocenters. The Bertz CT molecular complexity index is 732. The summed E-state index contributed by atoms with van der Waals surface area (Å²) in [6, 6.07) is 3.86. The molecule has 2 aromatic rings. The smallest absolute Gasteiger partial charge is 0.279 e. The van der Waals surface area contributed by atoms with Gasteiger partial charge in [0.05, 0.1) is 6.20 Å². The Balaban J connectivity index is 1.65. The maximum absolute atomic E-state index is 12.3. The molecule has 126 valence electrons. The molecule has 0 atom stereocenters. The molecule has 7 nitrogen and oxygen atoms in total. The second-order valence-electron chi connectivity index (χ2n) is 5.73. The van der Waals surface area contributed by atoms with Gasteiger partial charge in [-0.05, 0) is 66.0 Å². The van der Waals surface area contributed by atoms with Gasteiger partial charge in [0.25, 0.3) is 5.91 Å². The van der Waals surface area contributed by atoms with Gasteiger partial charge in [-0.15, -0.1) is 0 Å². The van der Waals surface area contributed by atoms with E-state index in [1.165, 1.54) is 32.1 Å². The minimum atomic E-state index is -0.425. The number of carbonyl (C=O) groups excluding carboxylic acids is 1. The van der Waals surface area contributed by atoms with E-state index in [0.717, 1.165) is 18.5 Å². The SMILES string of the molecule is Nc1ncc(Br)nc1C(=O)Nc1cc(CCN2CCCC2)ccn1. The van der Waals surface area contributed by atoms with Crippen molar-refractivity contribution >= 4 is 33.5 Å². The number of amides is 1. The third kappa shape index (κ3) is 4.27. The zero-order valence-electron chi connectivity index (χ0n) is 13.2. The summed E-state index contributed by atoms with van der Waals surface area (Å²) < 4.78 is 0.453. The molecule has 0 aromatic carbocycles. The molecule has 0 saturated carbocycles. The van der Waals surface area contributed by atoms with Crippen molar-refractivity contribution in [3.63, 3.8) is 0 Å². The number of hydrogen-bond donors (Lipinski definition) is 2. The lowest BCUT2D eigenvalue weighted by atomic mass is 10.2. The van der Waals surface area contributed by atoms with Gasteiger partial charge in [-0.3, -0.25) is 4.79 Å². The summed E-state index contributed by atoms with van der Waals surface area (Å²) >= 11 is 3.18. The Morgan fingerprint density at radius 3 is 2.92 bits per heavy atom. The maximum atomic E-state index is 12.3. The van der Waals surface area contributed by atoms with Crippen LogP contribution in [0.3, 0.4) is 0 Å². The number of halogens is 1. The summed E-state index contributed by atoms with van der Waals surface area (Å²) in [5.41, 5.74) is 6.93. The molecule has 3 N–H and O–H groups in total. The lowest BCUT2D eigenvalue weighted by Crippen LogP contribution is -2.22. The number of nitrogens with one attached hydrogen (secondary N) is 1. The van der Waals surface area contributed by atoms with E-state index in [1.807, 2.05) is 12.1 Å². The summed E-state index contributed by atoms with van der Waals surface area (Å²) in [7, 11) is 0. The fourth-order valence-corrected chi connectivity index (χ4v) is 2.99. The zero-order chi connectivity index (χ0) is 16.9. The summed E-state index contributed by atoms with van der Waals surface area (Å²) in [4.78, 5) is 26.9. The number of likely N-dealkylation sites (tertiary alicyclic amines) is 1. The normalized spacial score (nSPS) is 14.7. The van der Waals surface area contributed by atoms with Gasteiger partial charge in [-0.1, -0.05) is 0 Å². The van der Waals surface area contributed by atoms with Crippen LogP contribution in [0.1, 0.15) is 28.9 Å². The highest BCUT2D eigenvalue weighted by Gasteiger charge is 2.15. The molecule has 0 spiro atoms. The molecular weight excluding hydrogens is 372 g/mol. The molecular formula is C16H19BrN6O. The molecule has 3 heterocycles. The largest absolute Gasteiger partial charge is 0.382 e. The topological polar surface area (TPSA) is 97.0 Å². The van der Waals surface area contributed by atoms with Crippen LogP contribution in [0.4, 0.5) is 11.6 Å². The number of nitrogens with two attached hydrogens (primary N) is 1. The van der Waals surface area contributed by atoms with Crippen LogP contribution < -0.4 is 11.1 Å². The van der Waals surface area contributed by atoms with Crippen molar-refractivity contribution in [3.8, 4) is 0 Å². The van der Waals surface area contributed by atoms with Crippen molar-refractivity contribution in [1.82, 2.24) is 19.9 Å².